The zero-order chi connectivity index (χ0) is 19.4. The molecule has 0 bridgehead atoms. The number of carbonyl (C=O) groups excluding carboxylic acids is 2. The van der Waals surface area contributed by atoms with Crippen molar-refractivity contribution < 1.29 is 24.2 Å². The average Bonchev–Trinajstić information content (AvgIpc) is 2.91. The lowest BCUT2D eigenvalue weighted by Gasteiger charge is -2.12. The molecule has 2 aromatic rings. The van der Waals surface area contributed by atoms with Crippen molar-refractivity contribution >= 4 is 56.3 Å². The van der Waals surface area contributed by atoms with Gasteiger partial charge < -0.3 is 20.8 Å². The molecule has 1 aromatic heterocycles. The molecule has 0 saturated heterocycles. The minimum absolute atomic E-state index is 0.142. The Morgan fingerprint density at radius 2 is 2.08 bits per heavy atom. The molecule has 0 aliphatic rings. The molecule has 0 fully saturated rings. The number of aliphatic hydroxyl groups excluding tert-OH is 2. The van der Waals surface area contributed by atoms with Crippen LogP contribution in [0.3, 0.4) is 0 Å². The minimum Gasteiger partial charge on any atom is -0.394 e. The van der Waals surface area contributed by atoms with Crippen LogP contribution in [0, 0.1) is 16.3 Å². The molecule has 4 N–H and O–H groups in total. The van der Waals surface area contributed by atoms with E-state index in [1.54, 1.807) is 19.1 Å². The van der Waals surface area contributed by atoms with Gasteiger partial charge in [0.25, 0.3) is 5.91 Å². The van der Waals surface area contributed by atoms with Gasteiger partial charge in [0.1, 0.15) is 10.8 Å². The Labute approximate surface area is 167 Å². The van der Waals surface area contributed by atoms with E-state index >= 15 is 0 Å². The van der Waals surface area contributed by atoms with Gasteiger partial charge in [-0.05, 0) is 60.2 Å². The maximum absolute atomic E-state index is 14.1. The summed E-state index contributed by atoms with van der Waals surface area (Å²) in [5.41, 5.74) is 0.876. The molecule has 0 unspecified atom stereocenters. The summed E-state index contributed by atoms with van der Waals surface area (Å²) in [6.45, 7) is 2.41. The quantitative estimate of drug-likeness (QED) is 0.352. The SMILES string of the molecule is CC(=O)c1sc(Nc2ccc(I)cc2F)c(C(=O)NC[C@H](O)CO)c1C. The van der Waals surface area contributed by atoms with Crippen LogP contribution in [0.25, 0.3) is 0 Å². The molecule has 0 saturated carbocycles. The summed E-state index contributed by atoms with van der Waals surface area (Å²) in [6.07, 6.45) is -1.09. The standard InChI is InChI=1S/C17H18FIN2O4S/c1-8-14(16(25)20-6-11(24)7-22)17(26-15(8)9(2)23)21-13-4-3-10(19)5-12(13)18/h3-5,11,21-22,24H,6-7H2,1-2H3,(H,20,25)/t11-/m0/s1. The number of amides is 1. The minimum atomic E-state index is -1.09. The van der Waals surface area contributed by atoms with Crippen LogP contribution < -0.4 is 10.6 Å². The van der Waals surface area contributed by atoms with Gasteiger partial charge in [-0.3, -0.25) is 9.59 Å². The van der Waals surface area contributed by atoms with Crippen molar-refractivity contribution in [2.45, 2.75) is 20.0 Å². The molecular weight excluding hydrogens is 474 g/mol. The molecule has 1 atom stereocenters. The molecule has 0 aliphatic heterocycles. The summed E-state index contributed by atoms with van der Waals surface area (Å²) < 4.78 is 14.9. The average molecular weight is 492 g/mol. The lowest BCUT2D eigenvalue weighted by atomic mass is 10.1. The Kier molecular flexibility index (Phi) is 7.09. The zero-order valence-electron chi connectivity index (χ0n) is 14.1. The number of carbonyl (C=O) groups is 2. The van der Waals surface area contributed by atoms with Crippen LogP contribution in [0.2, 0.25) is 0 Å². The summed E-state index contributed by atoms with van der Waals surface area (Å²) in [7, 11) is 0. The van der Waals surface area contributed by atoms with Crippen molar-refractivity contribution in [1.82, 2.24) is 5.32 Å². The van der Waals surface area contributed by atoms with Crippen LogP contribution >= 0.6 is 33.9 Å². The Balaban J connectivity index is 2.39. The highest BCUT2D eigenvalue weighted by atomic mass is 127. The first-order chi connectivity index (χ1) is 12.2. The normalized spacial score (nSPS) is 11.9. The second-order valence-corrected chi connectivity index (χ2v) is 7.88. The molecule has 1 amide bonds. The molecule has 0 aliphatic carbocycles. The van der Waals surface area contributed by atoms with Gasteiger partial charge in [0.15, 0.2) is 5.78 Å². The van der Waals surface area contributed by atoms with Gasteiger partial charge in [0.2, 0.25) is 0 Å². The van der Waals surface area contributed by atoms with E-state index in [2.05, 4.69) is 10.6 Å². The molecule has 1 aromatic carbocycles. The van der Waals surface area contributed by atoms with Crippen molar-refractivity contribution in [1.29, 1.82) is 0 Å². The first kappa shape index (κ1) is 20.7. The second-order valence-electron chi connectivity index (χ2n) is 5.61. The number of rotatable bonds is 7. The highest BCUT2D eigenvalue weighted by Crippen LogP contribution is 2.36. The number of hydrogen-bond acceptors (Lipinski definition) is 6. The zero-order valence-corrected chi connectivity index (χ0v) is 17.1. The highest BCUT2D eigenvalue weighted by Gasteiger charge is 2.24. The number of nitrogens with one attached hydrogen (secondary N) is 2. The molecule has 1 heterocycles. The Morgan fingerprint density at radius 1 is 1.38 bits per heavy atom. The number of aliphatic hydroxyl groups is 2. The molecule has 9 heteroatoms. The third kappa shape index (κ3) is 4.78. The number of benzene rings is 1. The predicted octanol–water partition coefficient (Wildman–Crippen LogP) is 2.83. The van der Waals surface area contributed by atoms with Crippen molar-refractivity contribution in [3.05, 3.63) is 43.6 Å². The fourth-order valence-electron chi connectivity index (χ4n) is 2.29. The van der Waals surface area contributed by atoms with Crippen LogP contribution in [0.15, 0.2) is 18.2 Å². The first-order valence-electron chi connectivity index (χ1n) is 7.68. The van der Waals surface area contributed by atoms with Crippen LogP contribution in [0.4, 0.5) is 15.1 Å². The topological polar surface area (TPSA) is 98.7 Å². The van der Waals surface area contributed by atoms with Gasteiger partial charge in [-0.15, -0.1) is 11.3 Å². The lowest BCUT2D eigenvalue weighted by Crippen LogP contribution is -2.34. The third-order valence-electron chi connectivity index (χ3n) is 3.58. The molecule has 6 nitrogen and oxygen atoms in total. The first-order valence-corrected chi connectivity index (χ1v) is 9.57. The van der Waals surface area contributed by atoms with Crippen molar-refractivity contribution in [3.63, 3.8) is 0 Å². The summed E-state index contributed by atoms with van der Waals surface area (Å²) in [5, 5.41) is 24.0. The van der Waals surface area contributed by atoms with Gasteiger partial charge in [-0.25, -0.2) is 4.39 Å². The van der Waals surface area contributed by atoms with E-state index in [9.17, 15) is 19.1 Å². The summed E-state index contributed by atoms with van der Waals surface area (Å²) in [5.74, 6) is -1.20. The Bertz CT molecular complexity index is 840. The van der Waals surface area contributed by atoms with Gasteiger partial charge in [-0.1, -0.05) is 0 Å². The monoisotopic (exact) mass is 492 g/mol. The van der Waals surface area contributed by atoms with E-state index in [1.807, 2.05) is 22.6 Å². The van der Waals surface area contributed by atoms with E-state index in [4.69, 9.17) is 5.11 Å². The predicted molar refractivity (Wildman–Crippen MR) is 107 cm³/mol. The second kappa shape index (κ2) is 8.89. The highest BCUT2D eigenvalue weighted by molar-refractivity contribution is 14.1. The van der Waals surface area contributed by atoms with Crippen LogP contribution in [0.5, 0.6) is 0 Å². The molecule has 140 valence electrons. The number of halogens is 2. The number of hydrogen-bond donors (Lipinski definition) is 4. The van der Waals surface area contributed by atoms with Crippen molar-refractivity contribution in [2.75, 3.05) is 18.5 Å². The van der Waals surface area contributed by atoms with Crippen LogP contribution in [-0.2, 0) is 0 Å². The number of ketones is 1. The van der Waals surface area contributed by atoms with E-state index in [1.165, 1.54) is 13.0 Å². The van der Waals surface area contributed by atoms with Crippen LogP contribution in [-0.4, -0.2) is 41.2 Å². The van der Waals surface area contributed by atoms with Crippen LogP contribution in [0.1, 0.15) is 32.5 Å². The van der Waals surface area contributed by atoms with E-state index in [0.717, 1.165) is 14.9 Å². The van der Waals surface area contributed by atoms with Crippen molar-refractivity contribution in [2.24, 2.45) is 0 Å². The third-order valence-corrected chi connectivity index (χ3v) is 5.56. The van der Waals surface area contributed by atoms with Gasteiger partial charge in [-0.2, -0.15) is 0 Å². The summed E-state index contributed by atoms with van der Waals surface area (Å²) in [6, 6.07) is 4.62. The fraction of sp³-hybridized carbons (Fsp3) is 0.294. The molecule has 2 rings (SSSR count). The Hall–Kier alpha value is -1.56. The maximum atomic E-state index is 14.1. The summed E-state index contributed by atoms with van der Waals surface area (Å²) >= 11 is 3.06. The lowest BCUT2D eigenvalue weighted by molar-refractivity contribution is 0.0802. The number of anilines is 2. The number of thiophene rings is 1. The number of Topliss-reactive ketones (excluding diaryl/α,β-unsaturated/α-hetero) is 1. The van der Waals surface area contributed by atoms with E-state index in [0.29, 0.717) is 15.4 Å². The fourth-order valence-corrected chi connectivity index (χ4v) is 3.85. The molecule has 0 spiro atoms. The Morgan fingerprint density at radius 3 is 2.65 bits per heavy atom. The molecule has 26 heavy (non-hydrogen) atoms. The smallest absolute Gasteiger partial charge is 0.254 e. The van der Waals surface area contributed by atoms with Crippen molar-refractivity contribution in [3.8, 4) is 0 Å². The van der Waals surface area contributed by atoms with E-state index < -0.39 is 24.4 Å². The molecule has 0 radical (unpaired) electrons. The van der Waals surface area contributed by atoms with Gasteiger partial charge in [0, 0.05) is 10.1 Å². The largest absolute Gasteiger partial charge is 0.394 e. The van der Waals surface area contributed by atoms with E-state index in [-0.39, 0.29) is 23.6 Å². The maximum Gasteiger partial charge on any atom is 0.254 e. The van der Waals surface area contributed by atoms with Gasteiger partial charge >= 0.3 is 0 Å². The molecular formula is C17H18FIN2O4S. The van der Waals surface area contributed by atoms with Gasteiger partial charge in [0.05, 0.1) is 28.8 Å². The summed E-state index contributed by atoms with van der Waals surface area (Å²) in [4.78, 5) is 24.8.